The van der Waals surface area contributed by atoms with Crippen molar-refractivity contribution in [3.8, 4) is 0 Å². The standard InChI is InChI=1S/C11H11FN2O2/c1-2-16-10(15)7-14-6-8-4-3-5-9(12)11(8)13-14/h3-6H,2,7H2,1H3. The van der Waals surface area contributed by atoms with Gasteiger partial charge in [-0.05, 0) is 13.0 Å². The first-order valence-corrected chi connectivity index (χ1v) is 4.98. The molecule has 0 atom stereocenters. The number of rotatable bonds is 3. The summed E-state index contributed by atoms with van der Waals surface area (Å²) < 4.78 is 19.5. The van der Waals surface area contributed by atoms with Gasteiger partial charge < -0.3 is 4.74 Å². The number of hydrogen-bond donors (Lipinski definition) is 0. The molecule has 0 spiro atoms. The summed E-state index contributed by atoms with van der Waals surface area (Å²) in [6.45, 7) is 2.06. The quantitative estimate of drug-likeness (QED) is 0.743. The van der Waals surface area contributed by atoms with E-state index >= 15 is 0 Å². The number of fused-ring (bicyclic) bond motifs is 1. The largest absolute Gasteiger partial charge is 0.465 e. The number of benzene rings is 1. The molecule has 5 heteroatoms. The highest BCUT2D eigenvalue weighted by Crippen LogP contribution is 2.15. The van der Waals surface area contributed by atoms with Crippen molar-refractivity contribution in [1.82, 2.24) is 9.78 Å². The van der Waals surface area contributed by atoms with Crippen LogP contribution in [-0.2, 0) is 16.1 Å². The average molecular weight is 222 g/mol. The predicted molar refractivity (Wildman–Crippen MR) is 56.3 cm³/mol. The van der Waals surface area contributed by atoms with Crippen LogP contribution in [0.5, 0.6) is 0 Å². The summed E-state index contributed by atoms with van der Waals surface area (Å²) in [5.41, 5.74) is 0.270. The van der Waals surface area contributed by atoms with Gasteiger partial charge in [-0.25, -0.2) is 4.39 Å². The van der Waals surface area contributed by atoms with Crippen LogP contribution >= 0.6 is 0 Å². The fourth-order valence-corrected chi connectivity index (χ4v) is 1.48. The third-order valence-corrected chi connectivity index (χ3v) is 2.13. The summed E-state index contributed by atoms with van der Waals surface area (Å²) in [5.74, 6) is -0.768. The zero-order chi connectivity index (χ0) is 11.5. The minimum Gasteiger partial charge on any atom is -0.465 e. The first kappa shape index (κ1) is 10.6. The van der Waals surface area contributed by atoms with E-state index in [0.29, 0.717) is 12.0 Å². The summed E-state index contributed by atoms with van der Waals surface area (Å²) in [4.78, 5) is 11.2. The van der Waals surface area contributed by atoms with E-state index in [1.807, 2.05) is 0 Å². The van der Waals surface area contributed by atoms with Crippen molar-refractivity contribution in [1.29, 1.82) is 0 Å². The second kappa shape index (κ2) is 4.30. The van der Waals surface area contributed by atoms with Crippen molar-refractivity contribution < 1.29 is 13.9 Å². The van der Waals surface area contributed by atoms with E-state index in [-0.39, 0.29) is 23.8 Å². The van der Waals surface area contributed by atoms with E-state index in [9.17, 15) is 9.18 Å². The molecule has 0 unspecified atom stereocenters. The van der Waals surface area contributed by atoms with Crippen molar-refractivity contribution in [2.45, 2.75) is 13.5 Å². The third kappa shape index (κ3) is 2.03. The number of carbonyl (C=O) groups excluding carboxylic acids is 1. The van der Waals surface area contributed by atoms with Crippen LogP contribution in [0.1, 0.15) is 6.92 Å². The Labute approximate surface area is 91.6 Å². The predicted octanol–water partition coefficient (Wildman–Crippen LogP) is 1.74. The molecule has 0 aliphatic heterocycles. The first-order valence-electron chi connectivity index (χ1n) is 4.98. The van der Waals surface area contributed by atoms with Gasteiger partial charge in [0, 0.05) is 11.6 Å². The molecule has 0 amide bonds. The highest BCUT2D eigenvalue weighted by atomic mass is 19.1. The molecule has 0 aliphatic carbocycles. The van der Waals surface area contributed by atoms with Gasteiger partial charge in [0.1, 0.15) is 12.1 Å². The summed E-state index contributed by atoms with van der Waals surface area (Å²) in [6.07, 6.45) is 1.62. The van der Waals surface area contributed by atoms with E-state index in [1.54, 1.807) is 25.3 Å². The molecule has 16 heavy (non-hydrogen) atoms. The molecule has 2 aromatic rings. The lowest BCUT2D eigenvalue weighted by molar-refractivity contribution is -0.144. The van der Waals surface area contributed by atoms with Crippen LogP contribution in [0.2, 0.25) is 0 Å². The molecule has 1 aromatic carbocycles. The van der Waals surface area contributed by atoms with E-state index in [4.69, 9.17) is 4.74 Å². The van der Waals surface area contributed by atoms with Crippen molar-refractivity contribution in [3.05, 3.63) is 30.2 Å². The molecule has 0 saturated heterocycles. The minimum absolute atomic E-state index is 0.00194. The number of hydrogen-bond acceptors (Lipinski definition) is 3. The monoisotopic (exact) mass is 222 g/mol. The average Bonchev–Trinajstić information content (AvgIpc) is 2.62. The number of ether oxygens (including phenoxy) is 1. The van der Waals surface area contributed by atoms with Crippen LogP contribution in [0, 0.1) is 5.82 Å². The third-order valence-electron chi connectivity index (χ3n) is 2.13. The highest BCUT2D eigenvalue weighted by Gasteiger charge is 2.08. The molecular formula is C11H11FN2O2. The lowest BCUT2D eigenvalue weighted by Gasteiger charge is -2.00. The van der Waals surface area contributed by atoms with E-state index < -0.39 is 0 Å². The van der Waals surface area contributed by atoms with Crippen LogP contribution in [0.4, 0.5) is 4.39 Å². The molecule has 0 radical (unpaired) electrons. The molecule has 4 nitrogen and oxygen atoms in total. The summed E-state index contributed by atoms with van der Waals surface area (Å²) in [6, 6.07) is 4.69. The Morgan fingerprint density at radius 1 is 1.56 bits per heavy atom. The van der Waals surface area contributed by atoms with Gasteiger partial charge in [-0.2, -0.15) is 5.10 Å². The molecular weight excluding hydrogens is 211 g/mol. The van der Waals surface area contributed by atoms with Crippen LogP contribution in [0.25, 0.3) is 10.9 Å². The van der Waals surface area contributed by atoms with Crippen molar-refractivity contribution in [2.75, 3.05) is 6.61 Å². The minimum atomic E-state index is -0.389. The highest BCUT2D eigenvalue weighted by molar-refractivity contribution is 5.79. The zero-order valence-electron chi connectivity index (χ0n) is 8.81. The van der Waals surface area contributed by atoms with Gasteiger partial charge in [0.15, 0.2) is 5.82 Å². The Balaban J connectivity index is 2.26. The Morgan fingerprint density at radius 2 is 2.38 bits per heavy atom. The maximum Gasteiger partial charge on any atom is 0.327 e. The van der Waals surface area contributed by atoms with Gasteiger partial charge in [0.25, 0.3) is 0 Å². The SMILES string of the molecule is CCOC(=O)Cn1cc2cccc(F)c2n1. The van der Waals surface area contributed by atoms with Crippen LogP contribution in [0.3, 0.4) is 0 Å². The lowest BCUT2D eigenvalue weighted by Crippen LogP contribution is -2.13. The van der Waals surface area contributed by atoms with Gasteiger partial charge in [0.05, 0.1) is 6.61 Å². The van der Waals surface area contributed by atoms with Crippen LogP contribution < -0.4 is 0 Å². The molecule has 1 heterocycles. The van der Waals surface area contributed by atoms with E-state index in [2.05, 4.69) is 5.10 Å². The fourth-order valence-electron chi connectivity index (χ4n) is 1.48. The molecule has 0 aliphatic rings. The van der Waals surface area contributed by atoms with E-state index in [0.717, 1.165) is 0 Å². The molecule has 2 rings (SSSR count). The molecule has 1 aromatic heterocycles. The van der Waals surface area contributed by atoms with Crippen molar-refractivity contribution in [3.63, 3.8) is 0 Å². The van der Waals surface area contributed by atoms with Crippen LogP contribution in [-0.4, -0.2) is 22.4 Å². The number of esters is 1. The summed E-state index contributed by atoms with van der Waals surface area (Å²) in [5, 5.41) is 4.65. The topological polar surface area (TPSA) is 44.1 Å². The Kier molecular flexibility index (Phi) is 2.85. The van der Waals surface area contributed by atoms with Gasteiger partial charge in [-0.15, -0.1) is 0 Å². The van der Waals surface area contributed by atoms with Crippen LogP contribution in [0.15, 0.2) is 24.4 Å². The van der Waals surface area contributed by atoms with Gasteiger partial charge in [-0.3, -0.25) is 9.48 Å². The molecule has 84 valence electrons. The second-order valence-corrected chi connectivity index (χ2v) is 3.31. The van der Waals surface area contributed by atoms with Gasteiger partial charge in [-0.1, -0.05) is 12.1 Å². The Morgan fingerprint density at radius 3 is 3.06 bits per heavy atom. The first-order chi connectivity index (χ1) is 7.70. The van der Waals surface area contributed by atoms with Crippen molar-refractivity contribution in [2.24, 2.45) is 0 Å². The second-order valence-electron chi connectivity index (χ2n) is 3.31. The number of halogens is 1. The smallest absolute Gasteiger partial charge is 0.327 e. The number of carbonyl (C=O) groups is 1. The number of nitrogens with zero attached hydrogens (tertiary/aromatic N) is 2. The van der Waals surface area contributed by atoms with E-state index in [1.165, 1.54) is 10.7 Å². The van der Waals surface area contributed by atoms with Crippen molar-refractivity contribution >= 4 is 16.9 Å². The molecule has 0 saturated carbocycles. The molecule has 0 N–H and O–H groups in total. The lowest BCUT2D eigenvalue weighted by atomic mass is 10.2. The summed E-state index contributed by atoms with van der Waals surface area (Å²) in [7, 11) is 0. The maximum absolute atomic E-state index is 13.3. The molecule has 0 fully saturated rings. The van der Waals surface area contributed by atoms with Gasteiger partial charge >= 0.3 is 5.97 Å². The normalized spacial score (nSPS) is 10.6. The maximum atomic E-state index is 13.3. The zero-order valence-corrected chi connectivity index (χ0v) is 8.81. The summed E-state index contributed by atoms with van der Waals surface area (Å²) >= 11 is 0. The van der Waals surface area contributed by atoms with Gasteiger partial charge in [0.2, 0.25) is 0 Å². The Hall–Kier alpha value is -1.91. The fraction of sp³-hybridized carbons (Fsp3) is 0.273. The number of aromatic nitrogens is 2. The molecule has 0 bridgehead atoms. The Bertz CT molecular complexity index is 522.